The zero-order valence-corrected chi connectivity index (χ0v) is 20.5. The summed E-state index contributed by atoms with van der Waals surface area (Å²) in [5, 5.41) is 0. The fraction of sp³-hybridized carbons (Fsp3) is 1.00. The van der Waals surface area contributed by atoms with E-state index in [9.17, 15) is 0 Å². The number of rotatable bonds is 21. The van der Waals surface area contributed by atoms with Crippen molar-refractivity contribution in [2.45, 2.75) is 63.3 Å². The van der Waals surface area contributed by atoms with Crippen LogP contribution in [0.15, 0.2) is 0 Å². The minimum atomic E-state index is -0.150. The van der Waals surface area contributed by atoms with Crippen molar-refractivity contribution in [1.82, 2.24) is 0 Å². The van der Waals surface area contributed by atoms with Gasteiger partial charge in [0.15, 0.2) is 12.6 Å². The van der Waals surface area contributed by atoms with Gasteiger partial charge in [-0.25, -0.2) is 0 Å². The van der Waals surface area contributed by atoms with Crippen molar-refractivity contribution in [3.05, 3.63) is 0 Å². The Bertz CT molecular complexity index is 433. The van der Waals surface area contributed by atoms with Crippen LogP contribution in [-0.4, -0.2) is 117 Å². The first-order valence-corrected chi connectivity index (χ1v) is 12.9. The molecule has 0 aromatic heterocycles. The summed E-state index contributed by atoms with van der Waals surface area (Å²) in [6, 6.07) is 0. The van der Waals surface area contributed by atoms with Crippen LogP contribution >= 0.6 is 0 Å². The highest BCUT2D eigenvalue weighted by Gasteiger charge is 2.24. The number of hydrogen-bond donors (Lipinski definition) is 0. The zero-order valence-electron chi connectivity index (χ0n) is 20.5. The zero-order chi connectivity index (χ0) is 23.5. The molecule has 0 spiro atoms. The van der Waals surface area contributed by atoms with Gasteiger partial charge >= 0.3 is 0 Å². The molecule has 0 aromatic rings. The minimum Gasteiger partial charge on any atom is -0.377 e. The average molecular weight is 493 g/mol. The highest BCUT2D eigenvalue weighted by molar-refractivity contribution is 4.69. The first-order chi connectivity index (χ1) is 16.9. The van der Waals surface area contributed by atoms with Gasteiger partial charge in [-0.15, -0.1) is 0 Å². The van der Waals surface area contributed by atoms with Crippen LogP contribution < -0.4 is 0 Å². The third kappa shape index (κ3) is 14.2. The van der Waals surface area contributed by atoms with Crippen molar-refractivity contribution < 1.29 is 47.4 Å². The monoisotopic (exact) mass is 492 g/mol. The SMILES string of the molecule is C1CCC(OCCOCCOCC(COCCOCCOC2CCCCO2)OCC2CO2)OC1. The summed E-state index contributed by atoms with van der Waals surface area (Å²) >= 11 is 0. The third-order valence-electron chi connectivity index (χ3n) is 5.61. The minimum absolute atomic E-state index is 0.0724. The Hall–Kier alpha value is -0.400. The molecule has 0 amide bonds. The van der Waals surface area contributed by atoms with Crippen molar-refractivity contribution in [1.29, 1.82) is 0 Å². The topological polar surface area (TPSA) is 95.6 Å². The van der Waals surface area contributed by atoms with Gasteiger partial charge in [0.25, 0.3) is 0 Å². The quantitative estimate of drug-likeness (QED) is 0.175. The van der Waals surface area contributed by atoms with Crippen LogP contribution in [0.2, 0.25) is 0 Å². The molecule has 0 aromatic carbocycles. The van der Waals surface area contributed by atoms with Crippen molar-refractivity contribution in [3.8, 4) is 0 Å². The molecule has 3 aliphatic heterocycles. The summed E-state index contributed by atoms with van der Waals surface area (Å²) in [7, 11) is 0. The van der Waals surface area contributed by atoms with Gasteiger partial charge < -0.3 is 47.4 Å². The summed E-state index contributed by atoms with van der Waals surface area (Å²) in [6.07, 6.45) is 6.42. The first kappa shape index (κ1) is 28.2. The lowest BCUT2D eigenvalue weighted by atomic mass is 10.2. The Balaban J connectivity index is 1.11. The van der Waals surface area contributed by atoms with E-state index >= 15 is 0 Å². The van der Waals surface area contributed by atoms with Crippen molar-refractivity contribution in [2.24, 2.45) is 0 Å². The smallest absolute Gasteiger partial charge is 0.157 e. The van der Waals surface area contributed by atoms with Crippen LogP contribution in [0, 0.1) is 0 Å². The van der Waals surface area contributed by atoms with Gasteiger partial charge in [0, 0.05) is 13.2 Å². The Labute approximate surface area is 203 Å². The average Bonchev–Trinajstić information content (AvgIpc) is 3.71. The van der Waals surface area contributed by atoms with Gasteiger partial charge in [-0.3, -0.25) is 0 Å². The molecule has 3 aliphatic rings. The predicted octanol–water partition coefficient (Wildman–Crippen LogP) is 1.92. The van der Waals surface area contributed by atoms with E-state index in [-0.39, 0.29) is 24.8 Å². The summed E-state index contributed by atoms with van der Waals surface area (Å²) in [6.45, 7) is 7.93. The van der Waals surface area contributed by atoms with E-state index in [1.807, 2.05) is 0 Å². The van der Waals surface area contributed by atoms with E-state index in [0.717, 1.165) is 58.3 Å². The highest BCUT2D eigenvalue weighted by atomic mass is 16.7. The van der Waals surface area contributed by atoms with Gasteiger partial charge in [-0.1, -0.05) is 0 Å². The largest absolute Gasteiger partial charge is 0.377 e. The lowest BCUT2D eigenvalue weighted by molar-refractivity contribution is -0.169. The molecule has 200 valence electrons. The second kappa shape index (κ2) is 18.8. The maximum Gasteiger partial charge on any atom is 0.157 e. The van der Waals surface area contributed by atoms with Crippen molar-refractivity contribution >= 4 is 0 Å². The number of hydrogen-bond acceptors (Lipinski definition) is 10. The summed E-state index contributed by atoms with van der Waals surface area (Å²) < 4.78 is 56.0. The summed E-state index contributed by atoms with van der Waals surface area (Å²) in [5.41, 5.74) is 0. The van der Waals surface area contributed by atoms with Crippen LogP contribution in [0.5, 0.6) is 0 Å². The van der Waals surface area contributed by atoms with E-state index < -0.39 is 0 Å². The van der Waals surface area contributed by atoms with E-state index in [4.69, 9.17) is 47.4 Å². The van der Waals surface area contributed by atoms with Gasteiger partial charge in [0.1, 0.15) is 12.2 Å². The molecule has 0 bridgehead atoms. The van der Waals surface area contributed by atoms with Gasteiger partial charge in [-0.05, 0) is 38.5 Å². The third-order valence-corrected chi connectivity index (χ3v) is 5.61. The second-order valence-corrected chi connectivity index (χ2v) is 8.62. The van der Waals surface area contributed by atoms with Crippen LogP contribution in [0.1, 0.15) is 38.5 Å². The fourth-order valence-corrected chi connectivity index (χ4v) is 3.58. The van der Waals surface area contributed by atoms with Crippen molar-refractivity contribution in [2.75, 3.05) is 92.5 Å². The molecule has 3 heterocycles. The van der Waals surface area contributed by atoms with E-state index in [1.54, 1.807) is 0 Å². The molecular weight excluding hydrogens is 448 g/mol. The maximum absolute atomic E-state index is 5.87. The Kier molecular flexibility index (Phi) is 15.6. The van der Waals surface area contributed by atoms with Crippen LogP contribution in [0.3, 0.4) is 0 Å². The molecule has 3 fully saturated rings. The van der Waals surface area contributed by atoms with E-state index in [1.165, 1.54) is 0 Å². The lowest BCUT2D eigenvalue weighted by Gasteiger charge is -2.22. The fourth-order valence-electron chi connectivity index (χ4n) is 3.58. The second-order valence-electron chi connectivity index (χ2n) is 8.62. The first-order valence-electron chi connectivity index (χ1n) is 12.9. The standard InChI is InChI=1S/C24H44O10/c1-3-7-29-23(5-1)31-15-13-25-9-11-27-17-21(33-19-22-20-34-22)18-28-12-10-26-14-16-32-24-6-2-4-8-30-24/h21-24H,1-20H2. The molecule has 0 radical (unpaired) electrons. The number of epoxide rings is 1. The number of ether oxygens (including phenoxy) is 10. The lowest BCUT2D eigenvalue weighted by Crippen LogP contribution is -2.29. The molecule has 0 aliphatic carbocycles. The maximum atomic E-state index is 5.87. The molecule has 0 saturated carbocycles. The molecule has 3 rings (SSSR count). The van der Waals surface area contributed by atoms with Crippen LogP contribution in [0.25, 0.3) is 0 Å². The van der Waals surface area contributed by atoms with Crippen molar-refractivity contribution in [3.63, 3.8) is 0 Å². The predicted molar refractivity (Wildman–Crippen MR) is 122 cm³/mol. The molecular formula is C24H44O10. The molecule has 3 atom stereocenters. The van der Waals surface area contributed by atoms with Gasteiger partial charge in [0.05, 0.1) is 79.3 Å². The molecule has 3 unspecified atom stereocenters. The van der Waals surface area contributed by atoms with E-state index in [2.05, 4.69) is 0 Å². The Morgan fingerprint density at radius 1 is 0.588 bits per heavy atom. The highest BCUT2D eigenvalue weighted by Crippen LogP contribution is 2.14. The van der Waals surface area contributed by atoms with Crippen LogP contribution in [-0.2, 0) is 47.4 Å². The summed E-state index contributed by atoms with van der Waals surface area (Å²) in [4.78, 5) is 0. The van der Waals surface area contributed by atoms with E-state index in [0.29, 0.717) is 72.7 Å². The van der Waals surface area contributed by atoms with Gasteiger partial charge in [-0.2, -0.15) is 0 Å². The molecule has 3 saturated heterocycles. The molecule has 10 heteroatoms. The Morgan fingerprint density at radius 3 is 1.56 bits per heavy atom. The van der Waals surface area contributed by atoms with Crippen LogP contribution in [0.4, 0.5) is 0 Å². The summed E-state index contributed by atoms with van der Waals surface area (Å²) in [5.74, 6) is 0. The molecule has 0 N–H and O–H groups in total. The normalized spacial score (nSPS) is 25.9. The molecule has 34 heavy (non-hydrogen) atoms. The molecule has 10 nitrogen and oxygen atoms in total. The van der Waals surface area contributed by atoms with Gasteiger partial charge in [0.2, 0.25) is 0 Å². The Morgan fingerprint density at radius 2 is 1.09 bits per heavy atom.